The van der Waals surface area contributed by atoms with Crippen LogP contribution in [0, 0.1) is 0 Å². The van der Waals surface area contributed by atoms with Gasteiger partial charge in [0.1, 0.15) is 0 Å². The van der Waals surface area contributed by atoms with Crippen molar-refractivity contribution in [2.24, 2.45) is 0 Å². The van der Waals surface area contributed by atoms with E-state index < -0.39 is 0 Å². The molecule has 1 aromatic carbocycles. The number of nitrogens with zero attached hydrogens (tertiary/aromatic N) is 1. The molecular weight excluding hydrogens is 252 g/mol. The van der Waals surface area contributed by atoms with E-state index in [0.29, 0.717) is 13.2 Å². The van der Waals surface area contributed by atoms with Crippen LogP contribution >= 0.6 is 0 Å². The lowest BCUT2D eigenvalue weighted by molar-refractivity contribution is -0.132. The van der Waals surface area contributed by atoms with Crippen LogP contribution in [-0.2, 0) is 16.0 Å². The molecule has 1 saturated heterocycles. The highest BCUT2D eigenvalue weighted by Crippen LogP contribution is 2.18. The molecule has 1 heterocycles. The lowest BCUT2D eigenvalue weighted by Crippen LogP contribution is -2.43. The van der Waals surface area contributed by atoms with Gasteiger partial charge in [0, 0.05) is 6.61 Å². The highest BCUT2D eigenvalue weighted by atomic mass is 16.5. The van der Waals surface area contributed by atoms with Gasteiger partial charge in [0.25, 0.3) is 0 Å². The maximum Gasteiger partial charge on any atom is 0.241 e. The van der Waals surface area contributed by atoms with Crippen molar-refractivity contribution in [2.75, 3.05) is 13.2 Å². The Morgan fingerprint density at radius 3 is 2.70 bits per heavy atom. The molecule has 0 aliphatic carbocycles. The minimum absolute atomic E-state index is 0.0617. The first kappa shape index (κ1) is 15.0. The Balaban J connectivity index is 1.99. The van der Waals surface area contributed by atoms with Crippen LogP contribution in [0.2, 0.25) is 0 Å². The lowest BCUT2D eigenvalue weighted by atomic mass is 10.1. The van der Waals surface area contributed by atoms with Gasteiger partial charge in [0.2, 0.25) is 5.91 Å². The van der Waals surface area contributed by atoms with E-state index in [1.165, 1.54) is 5.56 Å². The summed E-state index contributed by atoms with van der Waals surface area (Å²) in [6.07, 6.45) is 0.800. The van der Waals surface area contributed by atoms with Crippen LogP contribution in [0.25, 0.3) is 0 Å². The summed E-state index contributed by atoms with van der Waals surface area (Å²) in [4.78, 5) is 14.4. The Morgan fingerprint density at radius 1 is 1.35 bits per heavy atom. The summed E-state index contributed by atoms with van der Waals surface area (Å²) >= 11 is 0. The molecule has 0 aromatic heterocycles. The molecule has 1 aromatic rings. The maximum atomic E-state index is 12.5. The molecule has 1 fully saturated rings. The molecule has 1 aliphatic rings. The Hall–Kier alpha value is -1.39. The van der Waals surface area contributed by atoms with Crippen molar-refractivity contribution in [3.05, 3.63) is 35.9 Å². The summed E-state index contributed by atoms with van der Waals surface area (Å²) in [5.74, 6) is 0.175. The van der Waals surface area contributed by atoms with Gasteiger partial charge in [-0.2, -0.15) is 0 Å². The van der Waals surface area contributed by atoms with E-state index in [1.807, 2.05) is 43.9 Å². The SMILES string of the molecule is CCOCC(C)N1C(=O)C(Cc2ccccc2)NC1C. The summed E-state index contributed by atoms with van der Waals surface area (Å²) in [7, 11) is 0. The second-order valence-corrected chi connectivity index (χ2v) is 5.34. The van der Waals surface area contributed by atoms with Gasteiger partial charge < -0.3 is 9.64 Å². The normalized spacial score (nSPS) is 24.1. The first-order valence-electron chi connectivity index (χ1n) is 7.33. The fourth-order valence-electron chi connectivity index (χ4n) is 2.78. The number of amides is 1. The van der Waals surface area contributed by atoms with E-state index in [2.05, 4.69) is 17.4 Å². The molecule has 4 heteroatoms. The Bertz CT molecular complexity index is 435. The fraction of sp³-hybridized carbons (Fsp3) is 0.562. The van der Waals surface area contributed by atoms with Gasteiger partial charge in [-0.1, -0.05) is 30.3 Å². The predicted molar refractivity (Wildman–Crippen MR) is 79.3 cm³/mol. The van der Waals surface area contributed by atoms with Crippen LogP contribution in [0.3, 0.4) is 0 Å². The topological polar surface area (TPSA) is 41.6 Å². The summed E-state index contributed by atoms with van der Waals surface area (Å²) in [6.45, 7) is 7.31. The molecule has 4 nitrogen and oxygen atoms in total. The first-order chi connectivity index (χ1) is 9.63. The van der Waals surface area contributed by atoms with Crippen molar-refractivity contribution in [2.45, 2.75) is 45.4 Å². The third kappa shape index (κ3) is 3.38. The van der Waals surface area contributed by atoms with Gasteiger partial charge in [-0.05, 0) is 32.8 Å². The third-order valence-corrected chi connectivity index (χ3v) is 3.73. The Kier molecular flexibility index (Phi) is 5.15. The van der Waals surface area contributed by atoms with Crippen LogP contribution < -0.4 is 5.32 Å². The average molecular weight is 276 g/mol. The van der Waals surface area contributed by atoms with Gasteiger partial charge in [0.15, 0.2) is 0 Å². The van der Waals surface area contributed by atoms with Crippen molar-refractivity contribution in [3.63, 3.8) is 0 Å². The summed E-state index contributed by atoms with van der Waals surface area (Å²) in [5.41, 5.74) is 1.19. The van der Waals surface area contributed by atoms with Crippen LogP contribution in [0.1, 0.15) is 26.3 Å². The summed E-state index contributed by atoms with van der Waals surface area (Å²) in [6, 6.07) is 10.1. The monoisotopic (exact) mass is 276 g/mol. The van der Waals surface area contributed by atoms with E-state index in [0.717, 1.165) is 6.42 Å². The van der Waals surface area contributed by atoms with Crippen molar-refractivity contribution < 1.29 is 9.53 Å². The summed E-state index contributed by atoms with van der Waals surface area (Å²) < 4.78 is 5.44. The molecule has 0 spiro atoms. The Labute approximate surface area is 121 Å². The maximum absolute atomic E-state index is 12.5. The third-order valence-electron chi connectivity index (χ3n) is 3.73. The number of carbonyl (C=O) groups is 1. The van der Waals surface area contributed by atoms with Crippen molar-refractivity contribution in [1.82, 2.24) is 10.2 Å². The number of hydrogen-bond acceptors (Lipinski definition) is 3. The van der Waals surface area contributed by atoms with E-state index in [4.69, 9.17) is 4.74 Å². The van der Waals surface area contributed by atoms with Gasteiger partial charge in [-0.3, -0.25) is 10.1 Å². The number of carbonyl (C=O) groups excluding carboxylic acids is 1. The van der Waals surface area contributed by atoms with E-state index in [9.17, 15) is 4.79 Å². The molecule has 20 heavy (non-hydrogen) atoms. The molecular formula is C16H24N2O2. The van der Waals surface area contributed by atoms with Gasteiger partial charge in [-0.15, -0.1) is 0 Å². The summed E-state index contributed by atoms with van der Waals surface area (Å²) in [5, 5.41) is 3.38. The average Bonchev–Trinajstić information content (AvgIpc) is 2.72. The number of ether oxygens (including phenoxy) is 1. The number of nitrogens with one attached hydrogen (secondary N) is 1. The van der Waals surface area contributed by atoms with E-state index in [1.54, 1.807) is 0 Å². The second-order valence-electron chi connectivity index (χ2n) is 5.34. The zero-order chi connectivity index (χ0) is 14.5. The smallest absolute Gasteiger partial charge is 0.241 e. The van der Waals surface area contributed by atoms with Crippen LogP contribution in [0.15, 0.2) is 30.3 Å². The van der Waals surface area contributed by atoms with E-state index in [-0.39, 0.29) is 24.2 Å². The van der Waals surface area contributed by atoms with Crippen LogP contribution in [-0.4, -0.2) is 42.3 Å². The molecule has 1 amide bonds. The molecule has 110 valence electrons. The van der Waals surface area contributed by atoms with Gasteiger partial charge >= 0.3 is 0 Å². The Morgan fingerprint density at radius 2 is 2.05 bits per heavy atom. The van der Waals surface area contributed by atoms with Crippen LogP contribution in [0.5, 0.6) is 0 Å². The zero-order valence-electron chi connectivity index (χ0n) is 12.5. The van der Waals surface area contributed by atoms with E-state index >= 15 is 0 Å². The largest absolute Gasteiger partial charge is 0.380 e. The molecule has 3 unspecified atom stereocenters. The molecule has 2 rings (SSSR count). The molecule has 0 radical (unpaired) electrons. The first-order valence-corrected chi connectivity index (χ1v) is 7.33. The zero-order valence-corrected chi connectivity index (χ0v) is 12.5. The molecule has 1 aliphatic heterocycles. The van der Waals surface area contributed by atoms with Gasteiger partial charge in [0.05, 0.1) is 24.9 Å². The van der Waals surface area contributed by atoms with Crippen molar-refractivity contribution in [1.29, 1.82) is 0 Å². The van der Waals surface area contributed by atoms with Crippen molar-refractivity contribution >= 4 is 5.91 Å². The number of hydrogen-bond donors (Lipinski definition) is 1. The van der Waals surface area contributed by atoms with Gasteiger partial charge in [-0.25, -0.2) is 0 Å². The molecule has 3 atom stereocenters. The van der Waals surface area contributed by atoms with Crippen LogP contribution in [0.4, 0.5) is 0 Å². The quantitative estimate of drug-likeness (QED) is 0.861. The molecule has 1 N–H and O–H groups in total. The minimum atomic E-state index is -0.128. The minimum Gasteiger partial charge on any atom is -0.380 e. The number of rotatable bonds is 6. The highest BCUT2D eigenvalue weighted by molar-refractivity contribution is 5.84. The predicted octanol–water partition coefficient (Wildman–Crippen LogP) is 1.80. The highest BCUT2D eigenvalue weighted by Gasteiger charge is 2.38. The standard InChI is InChI=1S/C16H24N2O2/c1-4-20-11-12(2)18-13(3)17-15(16(18)19)10-14-8-6-5-7-9-14/h5-9,12-13,15,17H,4,10-11H2,1-3H3. The second kappa shape index (κ2) is 6.86. The fourth-order valence-corrected chi connectivity index (χ4v) is 2.78. The van der Waals surface area contributed by atoms with Crippen molar-refractivity contribution in [3.8, 4) is 0 Å². The number of benzene rings is 1. The molecule has 0 bridgehead atoms. The molecule has 0 saturated carbocycles. The lowest BCUT2D eigenvalue weighted by Gasteiger charge is -2.27.